The number of aryl methyl sites for hydroxylation is 1. The minimum absolute atomic E-state index is 0.135. The van der Waals surface area contributed by atoms with E-state index in [-0.39, 0.29) is 11.3 Å². The Hall–Kier alpha value is -2.36. The van der Waals surface area contributed by atoms with E-state index < -0.39 is 11.7 Å². The monoisotopic (exact) mass is 244 g/mol. The maximum Gasteiger partial charge on any atom is 0.257 e. The summed E-state index contributed by atoms with van der Waals surface area (Å²) in [6.45, 7) is 1.95. The van der Waals surface area contributed by atoms with E-state index in [1.165, 1.54) is 18.2 Å². The molecule has 0 aliphatic carbocycles. The first-order valence-corrected chi connectivity index (χ1v) is 5.50. The molecule has 0 saturated heterocycles. The lowest BCUT2D eigenvalue weighted by Crippen LogP contribution is -2.14. The Morgan fingerprint density at radius 2 is 1.83 bits per heavy atom. The summed E-state index contributed by atoms with van der Waals surface area (Å²) in [6, 6.07) is 11.5. The molecule has 0 saturated carbocycles. The summed E-state index contributed by atoms with van der Waals surface area (Å²) in [5.41, 5.74) is 7.27. The average Bonchev–Trinajstić information content (AvgIpc) is 2.35. The molecule has 0 spiro atoms. The summed E-state index contributed by atoms with van der Waals surface area (Å²) in [7, 11) is 0. The van der Waals surface area contributed by atoms with Crippen molar-refractivity contribution < 1.29 is 9.18 Å². The Morgan fingerprint density at radius 1 is 1.17 bits per heavy atom. The van der Waals surface area contributed by atoms with Crippen molar-refractivity contribution in [1.29, 1.82) is 0 Å². The topological polar surface area (TPSA) is 55.1 Å². The van der Waals surface area contributed by atoms with Crippen molar-refractivity contribution in [2.45, 2.75) is 6.92 Å². The number of hydrogen-bond donors (Lipinski definition) is 2. The molecule has 1 amide bonds. The fourth-order valence-electron chi connectivity index (χ4n) is 1.57. The van der Waals surface area contributed by atoms with E-state index in [1.807, 2.05) is 19.1 Å². The highest BCUT2D eigenvalue weighted by molar-refractivity contribution is 6.07. The van der Waals surface area contributed by atoms with Gasteiger partial charge in [0.1, 0.15) is 5.82 Å². The minimum atomic E-state index is -0.591. The number of nitrogen functional groups attached to an aromatic ring is 1. The van der Waals surface area contributed by atoms with Gasteiger partial charge in [0.2, 0.25) is 0 Å². The highest BCUT2D eigenvalue weighted by Gasteiger charge is 2.12. The van der Waals surface area contributed by atoms with Gasteiger partial charge in [-0.2, -0.15) is 0 Å². The van der Waals surface area contributed by atoms with E-state index in [2.05, 4.69) is 5.32 Å². The summed E-state index contributed by atoms with van der Waals surface area (Å²) in [4.78, 5) is 11.9. The molecule has 4 heteroatoms. The zero-order chi connectivity index (χ0) is 13.1. The first-order chi connectivity index (χ1) is 8.58. The smallest absolute Gasteiger partial charge is 0.257 e. The van der Waals surface area contributed by atoms with Crippen LogP contribution in [0.3, 0.4) is 0 Å². The number of carbonyl (C=O) groups excluding carboxylic acids is 1. The molecule has 3 nitrogen and oxygen atoms in total. The van der Waals surface area contributed by atoms with Gasteiger partial charge in [0, 0.05) is 5.69 Å². The maximum absolute atomic E-state index is 13.2. The third-order valence-electron chi connectivity index (χ3n) is 2.61. The Kier molecular flexibility index (Phi) is 3.28. The average molecular weight is 244 g/mol. The van der Waals surface area contributed by atoms with Crippen LogP contribution in [0.4, 0.5) is 15.8 Å². The molecule has 0 radical (unpaired) electrons. The number of amides is 1. The van der Waals surface area contributed by atoms with Gasteiger partial charge in [-0.05, 0) is 31.2 Å². The number of nitrogens with two attached hydrogens (primary N) is 1. The van der Waals surface area contributed by atoms with Crippen LogP contribution >= 0.6 is 0 Å². The second-order valence-corrected chi connectivity index (χ2v) is 4.02. The number of hydrogen-bond acceptors (Lipinski definition) is 2. The lowest BCUT2D eigenvalue weighted by molar-refractivity contribution is 0.102. The lowest BCUT2D eigenvalue weighted by atomic mass is 10.1. The fraction of sp³-hybridized carbons (Fsp3) is 0.0714. The summed E-state index contributed by atoms with van der Waals surface area (Å²) in [5, 5.41) is 2.67. The molecule has 0 aromatic heterocycles. The van der Waals surface area contributed by atoms with E-state index in [4.69, 9.17) is 5.73 Å². The fourth-order valence-corrected chi connectivity index (χ4v) is 1.57. The molecule has 18 heavy (non-hydrogen) atoms. The van der Waals surface area contributed by atoms with Crippen LogP contribution in [0.15, 0.2) is 42.5 Å². The van der Waals surface area contributed by atoms with Crippen LogP contribution in [0.1, 0.15) is 15.9 Å². The van der Waals surface area contributed by atoms with E-state index in [0.717, 1.165) is 5.56 Å². The van der Waals surface area contributed by atoms with Crippen LogP contribution in [0, 0.1) is 12.7 Å². The SMILES string of the molecule is Cc1ccc(NC(=O)c2cccc(F)c2N)cc1. The van der Waals surface area contributed by atoms with Crippen LogP contribution in [0.5, 0.6) is 0 Å². The van der Waals surface area contributed by atoms with Gasteiger partial charge >= 0.3 is 0 Å². The number of benzene rings is 2. The molecule has 3 N–H and O–H groups in total. The van der Waals surface area contributed by atoms with Gasteiger partial charge in [-0.1, -0.05) is 23.8 Å². The van der Waals surface area contributed by atoms with Crippen LogP contribution in [0.25, 0.3) is 0 Å². The molecule has 92 valence electrons. The third-order valence-corrected chi connectivity index (χ3v) is 2.61. The Labute approximate surface area is 104 Å². The second-order valence-electron chi connectivity index (χ2n) is 4.02. The molecular formula is C14H13FN2O. The molecule has 0 heterocycles. The van der Waals surface area contributed by atoms with Gasteiger partial charge in [-0.3, -0.25) is 4.79 Å². The van der Waals surface area contributed by atoms with Crippen LogP contribution < -0.4 is 11.1 Å². The summed E-state index contributed by atoms with van der Waals surface area (Å²) in [6.07, 6.45) is 0. The largest absolute Gasteiger partial charge is 0.396 e. The molecule has 0 aliphatic heterocycles. The first-order valence-electron chi connectivity index (χ1n) is 5.50. The summed E-state index contributed by atoms with van der Waals surface area (Å²) >= 11 is 0. The van der Waals surface area contributed by atoms with Crippen molar-refractivity contribution in [2.75, 3.05) is 11.1 Å². The van der Waals surface area contributed by atoms with Crippen molar-refractivity contribution in [3.8, 4) is 0 Å². The Bertz CT molecular complexity index is 579. The number of anilines is 2. The predicted molar refractivity (Wildman–Crippen MR) is 69.9 cm³/mol. The summed E-state index contributed by atoms with van der Waals surface area (Å²) in [5.74, 6) is -1.01. The van der Waals surface area contributed by atoms with E-state index >= 15 is 0 Å². The maximum atomic E-state index is 13.2. The van der Waals surface area contributed by atoms with Gasteiger partial charge in [0.05, 0.1) is 11.3 Å². The number of halogens is 1. The van der Waals surface area contributed by atoms with E-state index in [0.29, 0.717) is 5.69 Å². The highest BCUT2D eigenvalue weighted by Crippen LogP contribution is 2.18. The molecule has 0 bridgehead atoms. The number of carbonyl (C=O) groups is 1. The highest BCUT2D eigenvalue weighted by atomic mass is 19.1. The summed E-state index contributed by atoms with van der Waals surface area (Å²) < 4.78 is 13.2. The third kappa shape index (κ3) is 2.48. The number of para-hydroxylation sites is 1. The van der Waals surface area contributed by atoms with Gasteiger partial charge in [-0.25, -0.2) is 4.39 Å². The first kappa shape index (κ1) is 12.1. The van der Waals surface area contributed by atoms with Crippen LogP contribution in [-0.2, 0) is 0 Å². The number of rotatable bonds is 2. The Balaban J connectivity index is 2.22. The molecule has 0 aliphatic rings. The zero-order valence-electron chi connectivity index (χ0n) is 9.91. The predicted octanol–water partition coefficient (Wildman–Crippen LogP) is 2.97. The van der Waals surface area contributed by atoms with Gasteiger partial charge < -0.3 is 11.1 Å². The molecule has 2 rings (SSSR count). The number of nitrogens with one attached hydrogen (secondary N) is 1. The molecule has 0 fully saturated rings. The molecule has 2 aromatic rings. The van der Waals surface area contributed by atoms with Gasteiger partial charge in [0.15, 0.2) is 0 Å². The molecule has 0 atom stereocenters. The van der Waals surface area contributed by atoms with Crippen LogP contribution in [-0.4, -0.2) is 5.91 Å². The van der Waals surface area contributed by atoms with Crippen LogP contribution in [0.2, 0.25) is 0 Å². The molecular weight excluding hydrogens is 231 g/mol. The van der Waals surface area contributed by atoms with Crippen molar-refractivity contribution in [3.63, 3.8) is 0 Å². The van der Waals surface area contributed by atoms with Crippen molar-refractivity contribution >= 4 is 17.3 Å². The Morgan fingerprint density at radius 3 is 2.50 bits per heavy atom. The normalized spacial score (nSPS) is 10.1. The van der Waals surface area contributed by atoms with Gasteiger partial charge in [0.25, 0.3) is 5.91 Å². The van der Waals surface area contributed by atoms with E-state index in [1.54, 1.807) is 12.1 Å². The van der Waals surface area contributed by atoms with Crippen molar-refractivity contribution in [1.82, 2.24) is 0 Å². The van der Waals surface area contributed by atoms with Crippen molar-refractivity contribution in [2.24, 2.45) is 0 Å². The second kappa shape index (κ2) is 4.87. The van der Waals surface area contributed by atoms with Gasteiger partial charge in [-0.15, -0.1) is 0 Å². The minimum Gasteiger partial charge on any atom is -0.396 e. The lowest BCUT2D eigenvalue weighted by Gasteiger charge is -2.08. The molecule has 2 aromatic carbocycles. The quantitative estimate of drug-likeness (QED) is 0.798. The standard InChI is InChI=1S/C14H13FN2O/c1-9-5-7-10(8-6-9)17-14(18)11-3-2-4-12(15)13(11)16/h2-8H,16H2,1H3,(H,17,18). The zero-order valence-corrected chi connectivity index (χ0v) is 9.91. The van der Waals surface area contributed by atoms with E-state index in [9.17, 15) is 9.18 Å². The molecule has 0 unspecified atom stereocenters. The van der Waals surface area contributed by atoms with Crippen molar-refractivity contribution in [3.05, 3.63) is 59.4 Å².